The summed E-state index contributed by atoms with van der Waals surface area (Å²) in [5.74, 6) is -4.37. The van der Waals surface area contributed by atoms with Gasteiger partial charge in [0, 0.05) is 12.4 Å². The third-order valence-corrected chi connectivity index (χ3v) is 1.13. The number of amides is 1. The predicted octanol–water partition coefficient (Wildman–Crippen LogP) is -10.6. The Morgan fingerprint density at radius 3 is 1.93 bits per heavy atom. The van der Waals surface area contributed by atoms with Crippen LogP contribution in [0.5, 0.6) is 0 Å². The molecule has 2 N–H and O–H groups in total. The van der Waals surface area contributed by atoms with Gasteiger partial charge < -0.3 is 30.2 Å². The van der Waals surface area contributed by atoms with Crippen molar-refractivity contribution in [3.05, 3.63) is 0 Å². The summed E-state index contributed by atoms with van der Waals surface area (Å²) >= 11 is 0. The molecule has 0 aromatic rings. The molecule has 9 heteroatoms. The van der Waals surface area contributed by atoms with Crippen molar-refractivity contribution in [3.63, 3.8) is 0 Å². The molecule has 1 amide bonds. The molecular weight excluding hydrogens is 228 g/mol. The molecule has 0 radical (unpaired) electrons. The minimum Gasteiger partial charge on any atom is -0.550 e. The van der Waals surface area contributed by atoms with Crippen molar-refractivity contribution >= 4 is 17.8 Å². The number of carboxylic acid groups (broad SMARTS) is 2. The largest absolute Gasteiger partial charge is 1.00 e. The van der Waals surface area contributed by atoms with Gasteiger partial charge in [-0.1, -0.05) is 0 Å². The third-order valence-electron chi connectivity index (χ3n) is 1.13. The Kier molecular flexibility index (Phi) is 15.0. The van der Waals surface area contributed by atoms with Crippen LogP contribution in [-0.2, 0) is 14.4 Å². The molecule has 0 bridgehead atoms. The van der Waals surface area contributed by atoms with Gasteiger partial charge in [0.05, 0.1) is 12.0 Å². The summed E-state index contributed by atoms with van der Waals surface area (Å²) in [5, 5.41) is 30.1. The fraction of sp³-hybridized carbons (Fsp3) is 0.500. The zero-order valence-corrected chi connectivity index (χ0v) is 12.5. The van der Waals surface area contributed by atoms with Crippen molar-refractivity contribution in [1.82, 2.24) is 5.32 Å². The van der Waals surface area contributed by atoms with E-state index < -0.39 is 36.9 Å². The standard InChI is InChI=1S/C6H9NO6.2Na/c8-2-4(9)7-3(6(12)13)1-5(10)11;;/h3,8H,1-2H2,(H,7,9)(H,10,11)(H,12,13);;/q;2*+1/p-2. The van der Waals surface area contributed by atoms with Gasteiger partial charge in [-0.05, 0) is 0 Å². The molecule has 0 aromatic carbocycles. The molecule has 0 aliphatic rings. The molecule has 7 nitrogen and oxygen atoms in total. The van der Waals surface area contributed by atoms with Crippen LogP contribution in [0.25, 0.3) is 0 Å². The fourth-order valence-electron chi connectivity index (χ4n) is 0.600. The van der Waals surface area contributed by atoms with Crippen LogP contribution in [-0.4, -0.2) is 35.6 Å². The SMILES string of the molecule is O=C([O-])CC(NC(=O)CO)C(=O)[O-].[Na+].[Na+]. The van der Waals surface area contributed by atoms with Gasteiger partial charge in [0.2, 0.25) is 5.91 Å². The molecule has 1 atom stereocenters. The minimum atomic E-state index is -1.74. The van der Waals surface area contributed by atoms with Crippen molar-refractivity contribution in [2.75, 3.05) is 6.61 Å². The van der Waals surface area contributed by atoms with Gasteiger partial charge in [-0.15, -0.1) is 0 Å². The van der Waals surface area contributed by atoms with Gasteiger partial charge >= 0.3 is 59.1 Å². The second kappa shape index (κ2) is 10.9. The summed E-state index contributed by atoms with van der Waals surface area (Å²) in [6, 6.07) is -1.68. The van der Waals surface area contributed by atoms with Crippen LogP contribution in [0.4, 0.5) is 0 Å². The number of hydrogen-bond acceptors (Lipinski definition) is 6. The maximum absolute atomic E-state index is 10.4. The fourth-order valence-corrected chi connectivity index (χ4v) is 0.600. The molecule has 74 valence electrons. The quantitative estimate of drug-likeness (QED) is 0.455. The van der Waals surface area contributed by atoms with E-state index in [4.69, 9.17) is 5.11 Å². The van der Waals surface area contributed by atoms with E-state index in [1.165, 1.54) is 0 Å². The third kappa shape index (κ3) is 10.6. The number of aliphatic hydroxyl groups is 1. The number of aliphatic carboxylic acids is 2. The Bertz CT molecular complexity index is 234. The van der Waals surface area contributed by atoms with Crippen LogP contribution in [0.15, 0.2) is 0 Å². The Labute approximate surface area is 130 Å². The number of carbonyl (C=O) groups is 3. The predicted molar refractivity (Wildman–Crippen MR) is 33.6 cm³/mol. The summed E-state index contributed by atoms with van der Waals surface area (Å²) in [4.78, 5) is 30.6. The summed E-state index contributed by atoms with van der Waals surface area (Å²) in [5.41, 5.74) is 0. The van der Waals surface area contributed by atoms with Crippen molar-refractivity contribution < 1.29 is 88.8 Å². The number of carboxylic acids is 2. The van der Waals surface area contributed by atoms with Gasteiger partial charge in [0.25, 0.3) is 0 Å². The maximum atomic E-state index is 10.4. The molecule has 1 unspecified atom stereocenters. The van der Waals surface area contributed by atoms with Gasteiger partial charge in [-0.2, -0.15) is 0 Å². The average molecular weight is 235 g/mol. The number of hydrogen-bond donors (Lipinski definition) is 2. The van der Waals surface area contributed by atoms with Crippen molar-refractivity contribution in [3.8, 4) is 0 Å². The topological polar surface area (TPSA) is 130 Å². The molecule has 0 rings (SSSR count). The first-order chi connectivity index (χ1) is 5.97. The van der Waals surface area contributed by atoms with Gasteiger partial charge in [-0.25, -0.2) is 0 Å². The van der Waals surface area contributed by atoms with Crippen LogP contribution >= 0.6 is 0 Å². The van der Waals surface area contributed by atoms with Gasteiger partial charge in [0.1, 0.15) is 6.61 Å². The molecule has 0 aromatic heterocycles. The number of aliphatic hydroxyl groups excluding tert-OH is 1. The molecule has 0 spiro atoms. The zero-order valence-electron chi connectivity index (χ0n) is 8.48. The normalized spacial score (nSPS) is 10.2. The van der Waals surface area contributed by atoms with Crippen LogP contribution in [0, 0.1) is 0 Å². The van der Waals surface area contributed by atoms with E-state index in [-0.39, 0.29) is 59.1 Å². The number of rotatable bonds is 5. The van der Waals surface area contributed by atoms with Crippen LogP contribution < -0.4 is 74.6 Å². The van der Waals surface area contributed by atoms with E-state index in [1.54, 1.807) is 5.32 Å². The summed E-state index contributed by atoms with van der Waals surface area (Å²) in [7, 11) is 0. The molecule has 0 aliphatic heterocycles. The smallest absolute Gasteiger partial charge is 0.550 e. The molecule has 0 saturated heterocycles. The summed E-state index contributed by atoms with van der Waals surface area (Å²) in [6.45, 7) is -0.920. The van der Waals surface area contributed by atoms with Crippen molar-refractivity contribution in [2.45, 2.75) is 12.5 Å². The molecule has 0 aliphatic carbocycles. The molecule has 0 fully saturated rings. The first-order valence-electron chi connectivity index (χ1n) is 3.28. The monoisotopic (exact) mass is 235 g/mol. The van der Waals surface area contributed by atoms with Crippen LogP contribution in [0.1, 0.15) is 6.42 Å². The molecule has 15 heavy (non-hydrogen) atoms. The summed E-state index contributed by atoms with van der Waals surface area (Å²) in [6.07, 6.45) is -0.895. The van der Waals surface area contributed by atoms with E-state index in [0.717, 1.165) is 0 Å². The van der Waals surface area contributed by atoms with E-state index in [0.29, 0.717) is 0 Å². The Morgan fingerprint density at radius 1 is 1.20 bits per heavy atom. The van der Waals surface area contributed by atoms with Crippen molar-refractivity contribution in [2.24, 2.45) is 0 Å². The van der Waals surface area contributed by atoms with E-state index in [1.807, 2.05) is 0 Å². The zero-order chi connectivity index (χ0) is 10.4. The van der Waals surface area contributed by atoms with E-state index in [2.05, 4.69) is 0 Å². The molecule has 0 heterocycles. The maximum Gasteiger partial charge on any atom is 1.00 e. The second-order valence-corrected chi connectivity index (χ2v) is 2.17. The Morgan fingerprint density at radius 2 is 1.67 bits per heavy atom. The first-order valence-corrected chi connectivity index (χ1v) is 3.28. The van der Waals surface area contributed by atoms with E-state index >= 15 is 0 Å². The second-order valence-electron chi connectivity index (χ2n) is 2.17. The Hall–Kier alpha value is 0.370. The Balaban J connectivity index is -0.000000720. The van der Waals surface area contributed by atoms with Gasteiger partial charge in [0.15, 0.2) is 0 Å². The number of carbonyl (C=O) groups excluding carboxylic acids is 3. The first kappa shape index (κ1) is 20.7. The van der Waals surface area contributed by atoms with E-state index in [9.17, 15) is 24.6 Å². The average Bonchev–Trinajstić information content (AvgIpc) is 2.02. The van der Waals surface area contributed by atoms with Crippen LogP contribution in [0.3, 0.4) is 0 Å². The van der Waals surface area contributed by atoms with Gasteiger partial charge in [-0.3, -0.25) is 4.79 Å². The molecular formula is C6H7NNa2O6. The van der Waals surface area contributed by atoms with Crippen LogP contribution in [0.2, 0.25) is 0 Å². The molecule has 0 saturated carbocycles. The van der Waals surface area contributed by atoms with Crippen molar-refractivity contribution in [1.29, 1.82) is 0 Å². The minimum absolute atomic E-state index is 0. The summed E-state index contributed by atoms with van der Waals surface area (Å²) < 4.78 is 0. The number of nitrogens with one attached hydrogen (secondary N) is 1.